The summed E-state index contributed by atoms with van der Waals surface area (Å²) in [6.07, 6.45) is 6.09. The van der Waals surface area contributed by atoms with Crippen LogP contribution in [0.2, 0.25) is 0 Å². The van der Waals surface area contributed by atoms with Gasteiger partial charge in [0, 0.05) is 32.3 Å². The summed E-state index contributed by atoms with van der Waals surface area (Å²) in [5.74, 6) is 0.955. The molecule has 1 aliphatic rings. The van der Waals surface area contributed by atoms with Crippen LogP contribution < -0.4 is 10.6 Å². The minimum Gasteiger partial charge on any atom is -0.382 e. The first kappa shape index (κ1) is 19.2. The molecule has 0 bridgehead atoms. The molecule has 1 atom stereocenters. The average Bonchev–Trinajstić information content (AvgIpc) is 3.05. The standard InChI is InChI=1S/C17H36N4O/c1-4-16(21-12-8-9-13-21)15-20-17(18-5-2)19-11-7-10-14-22-6-3/h16H,4-15H2,1-3H3,(H2,18,19,20). The van der Waals surface area contributed by atoms with Gasteiger partial charge in [0.25, 0.3) is 0 Å². The van der Waals surface area contributed by atoms with Crippen molar-refractivity contribution in [2.24, 2.45) is 4.99 Å². The third-order valence-corrected chi connectivity index (χ3v) is 4.14. The monoisotopic (exact) mass is 312 g/mol. The third kappa shape index (κ3) is 7.99. The second-order valence-electron chi connectivity index (χ2n) is 5.86. The highest BCUT2D eigenvalue weighted by Gasteiger charge is 2.19. The van der Waals surface area contributed by atoms with E-state index in [2.05, 4.69) is 29.4 Å². The molecule has 0 spiro atoms. The van der Waals surface area contributed by atoms with Gasteiger partial charge in [0.05, 0.1) is 6.54 Å². The summed E-state index contributed by atoms with van der Waals surface area (Å²) in [4.78, 5) is 7.38. The Bertz CT molecular complexity index is 290. The van der Waals surface area contributed by atoms with E-state index in [4.69, 9.17) is 9.73 Å². The average molecular weight is 313 g/mol. The SMILES string of the molecule is CCNC(=NCC(CC)N1CCCC1)NCCCCOCC. The lowest BCUT2D eigenvalue weighted by Gasteiger charge is -2.25. The molecular formula is C17H36N4O. The van der Waals surface area contributed by atoms with Crippen LogP contribution in [0.5, 0.6) is 0 Å². The molecule has 2 N–H and O–H groups in total. The van der Waals surface area contributed by atoms with Crippen molar-refractivity contribution in [3.8, 4) is 0 Å². The van der Waals surface area contributed by atoms with Crippen LogP contribution >= 0.6 is 0 Å². The molecule has 1 fully saturated rings. The molecule has 1 rings (SSSR count). The molecule has 1 heterocycles. The van der Waals surface area contributed by atoms with Crippen LogP contribution in [0.3, 0.4) is 0 Å². The minimum atomic E-state index is 0.593. The van der Waals surface area contributed by atoms with Crippen molar-refractivity contribution >= 4 is 5.96 Å². The van der Waals surface area contributed by atoms with Crippen LogP contribution in [-0.4, -0.2) is 62.8 Å². The van der Waals surface area contributed by atoms with Gasteiger partial charge in [-0.1, -0.05) is 6.92 Å². The van der Waals surface area contributed by atoms with Crippen LogP contribution in [0.25, 0.3) is 0 Å². The summed E-state index contributed by atoms with van der Waals surface area (Å²) < 4.78 is 5.36. The number of aliphatic imine (C=N–C) groups is 1. The number of likely N-dealkylation sites (tertiary alicyclic amines) is 1. The summed E-state index contributed by atoms with van der Waals surface area (Å²) in [5.41, 5.74) is 0. The number of unbranched alkanes of at least 4 members (excludes halogenated alkanes) is 1. The lowest BCUT2D eigenvalue weighted by molar-refractivity contribution is 0.143. The van der Waals surface area contributed by atoms with Crippen molar-refractivity contribution in [2.45, 2.75) is 58.9 Å². The van der Waals surface area contributed by atoms with Gasteiger partial charge >= 0.3 is 0 Å². The number of guanidine groups is 1. The second kappa shape index (κ2) is 12.7. The maximum atomic E-state index is 5.36. The molecule has 0 aliphatic carbocycles. The number of hydrogen-bond donors (Lipinski definition) is 2. The first-order valence-corrected chi connectivity index (χ1v) is 9.15. The van der Waals surface area contributed by atoms with E-state index in [9.17, 15) is 0 Å². The summed E-state index contributed by atoms with van der Waals surface area (Å²) in [5, 5.41) is 6.78. The molecule has 1 saturated heterocycles. The summed E-state index contributed by atoms with van der Waals surface area (Å²) in [6.45, 7) is 13.3. The predicted molar refractivity (Wildman–Crippen MR) is 94.6 cm³/mol. The van der Waals surface area contributed by atoms with Crippen LogP contribution in [0.1, 0.15) is 52.9 Å². The normalized spacial score (nSPS) is 17.7. The maximum Gasteiger partial charge on any atom is 0.191 e. The number of hydrogen-bond acceptors (Lipinski definition) is 3. The van der Waals surface area contributed by atoms with Gasteiger partial charge in [-0.15, -0.1) is 0 Å². The zero-order valence-corrected chi connectivity index (χ0v) is 14.9. The van der Waals surface area contributed by atoms with Gasteiger partial charge in [-0.2, -0.15) is 0 Å². The first-order chi connectivity index (χ1) is 10.8. The fourth-order valence-electron chi connectivity index (χ4n) is 2.83. The molecule has 0 aromatic heterocycles. The van der Waals surface area contributed by atoms with Gasteiger partial charge in [-0.25, -0.2) is 0 Å². The van der Waals surface area contributed by atoms with E-state index in [1.165, 1.54) is 32.4 Å². The molecule has 130 valence electrons. The highest BCUT2D eigenvalue weighted by molar-refractivity contribution is 5.79. The third-order valence-electron chi connectivity index (χ3n) is 4.14. The van der Waals surface area contributed by atoms with Gasteiger partial charge < -0.3 is 15.4 Å². The number of ether oxygens (including phenoxy) is 1. The highest BCUT2D eigenvalue weighted by atomic mass is 16.5. The van der Waals surface area contributed by atoms with Crippen molar-refractivity contribution in [1.82, 2.24) is 15.5 Å². The molecule has 1 unspecified atom stereocenters. The summed E-state index contributed by atoms with van der Waals surface area (Å²) in [6, 6.07) is 0.593. The van der Waals surface area contributed by atoms with Gasteiger partial charge in [0.2, 0.25) is 0 Å². The summed E-state index contributed by atoms with van der Waals surface area (Å²) >= 11 is 0. The molecule has 0 amide bonds. The van der Waals surface area contributed by atoms with Crippen LogP contribution in [0, 0.1) is 0 Å². The van der Waals surface area contributed by atoms with E-state index in [0.29, 0.717) is 6.04 Å². The fourth-order valence-corrected chi connectivity index (χ4v) is 2.83. The largest absolute Gasteiger partial charge is 0.382 e. The van der Waals surface area contributed by atoms with Gasteiger partial charge in [-0.05, 0) is 59.0 Å². The van der Waals surface area contributed by atoms with E-state index in [0.717, 1.165) is 51.6 Å². The van der Waals surface area contributed by atoms with Crippen LogP contribution in [-0.2, 0) is 4.74 Å². The molecule has 0 saturated carbocycles. The highest BCUT2D eigenvalue weighted by Crippen LogP contribution is 2.14. The van der Waals surface area contributed by atoms with Crippen molar-refractivity contribution < 1.29 is 4.74 Å². The Hall–Kier alpha value is -0.810. The van der Waals surface area contributed by atoms with Crippen molar-refractivity contribution in [3.63, 3.8) is 0 Å². The summed E-state index contributed by atoms with van der Waals surface area (Å²) in [7, 11) is 0. The van der Waals surface area contributed by atoms with E-state index in [1.807, 2.05) is 6.92 Å². The fraction of sp³-hybridized carbons (Fsp3) is 0.941. The maximum absolute atomic E-state index is 5.36. The topological polar surface area (TPSA) is 48.9 Å². The Labute approximate surface area is 136 Å². The molecule has 0 aromatic rings. The van der Waals surface area contributed by atoms with E-state index < -0.39 is 0 Å². The van der Waals surface area contributed by atoms with Crippen molar-refractivity contribution in [1.29, 1.82) is 0 Å². The zero-order valence-electron chi connectivity index (χ0n) is 14.9. The Balaban J connectivity index is 2.30. The molecule has 5 heteroatoms. The number of nitrogens with zero attached hydrogens (tertiary/aromatic N) is 2. The van der Waals surface area contributed by atoms with Crippen molar-refractivity contribution in [3.05, 3.63) is 0 Å². The lowest BCUT2D eigenvalue weighted by atomic mass is 10.2. The Kier molecular flexibility index (Phi) is 11.1. The second-order valence-corrected chi connectivity index (χ2v) is 5.86. The molecule has 0 radical (unpaired) electrons. The van der Waals surface area contributed by atoms with Crippen LogP contribution in [0.4, 0.5) is 0 Å². The Morgan fingerprint density at radius 3 is 2.55 bits per heavy atom. The molecule has 1 aliphatic heterocycles. The molecular weight excluding hydrogens is 276 g/mol. The van der Waals surface area contributed by atoms with Gasteiger partial charge in [0.1, 0.15) is 0 Å². The van der Waals surface area contributed by atoms with Gasteiger partial charge in [-0.3, -0.25) is 9.89 Å². The van der Waals surface area contributed by atoms with Gasteiger partial charge in [0.15, 0.2) is 5.96 Å². The van der Waals surface area contributed by atoms with E-state index in [1.54, 1.807) is 0 Å². The smallest absolute Gasteiger partial charge is 0.191 e. The minimum absolute atomic E-state index is 0.593. The van der Waals surface area contributed by atoms with Crippen LogP contribution in [0.15, 0.2) is 4.99 Å². The molecule has 5 nitrogen and oxygen atoms in total. The Morgan fingerprint density at radius 2 is 1.91 bits per heavy atom. The van der Waals surface area contributed by atoms with E-state index in [-0.39, 0.29) is 0 Å². The predicted octanol–water partition coefficient (Wildman–Crippen LogP) is 2.23. The van der Waals surface area contributed by atoms with Crippen molar-refractivity contribution in [2.75, 3.05) is 45.9 Å². The lowest BCUT2D eigenvalue weighted by Crippen LogP contribution is -2.40. The molecule has 0 aromatic carbocycles. The quantitative estimate of drug-likeness (QED) is 0.349. The first-order valence-electron chi connectivity index (χ1n) is 9.15. The molecule has 22 heavy (non-hydrogen) atoms. The van der Waals surface area contributed by atoms with E-state index >= 15 is 0 Å². The number of nitrogens with one attached hydrogen (secondary N) is 2. The number of rotatable bonds is 11. The zero-order chi connectivity index (χ0) is 16.0. The Morgan fingerprint density at radius 1 is 1.14 bits per heavy atom.